The van der Waals surface area contributed by atoms with E-state index in [1.54, 1.807) is 18.2 Å². The normalized spacial score (nSPS) is 14.9. The van der Waals surface area contributed by atoms with Gasteiger partial charge in [0.2, 0.25) is 5.91 Å². The molecule has 2 aromatic carbocycles. The third-order valence-electron chi connectivity index (χ3n) is 4.10. The first-order chi connectivity index (χ1) is 12.4. The molecule has 26 heavy (non-hydrogen) atoms. The Bertz CT molecular complexity index is 799. The van der Waals surface area contributed by atoms with Crippen molar-refractivity contribution in [3.8, 4) is 11.5 Å². The number of ketones is 1. The summed E-state index contributed by atoms with van der Waals surface area (Å²) in [5, 5.41) is 2.83. The van der Waals surface area contributed by atoms with Gasteiger partial charge in [0, 0.05) is 12.1 Å². The molecule has 0 saturated heterocycles. The van der Waals surface area contributed by atoms with Crippen molar-refractivity contribution in [2.75, 3.05) is 11.9 Å². The van der Waals surface area contributed by atoms with Gasteiger partial charge in [0.05, 0.1) is 18.6 Å². The van der Waals surface area contributed by atoms with Crippen LogP contribution in [-0.2, 0) is 4.79 Å². The van der Waals surface area contributed by atoms with Crippen molar-refractivity contribution in [1.82, 2.24) is 0 Å². The molecule has 0 radical (unpaired) electrons. The number of hydrogen-bond donors (Lipinski definition) is 1. The van der Waals surface area contributed by atoms with E-state index in [0.29, 0.717) is 42.9 Å². The average Bonchev–Trinajstić information content (AvgIpc) is 2.59. The van der Waals surface area contributed by atoms with E-state index in [2.05, 4.69) is 5.32 Å². The Labute approximate surface area is 153 Å². The fourth-order valence-electron chi connectivity index (χ4n) is 2.89. The molecule has 0 bridgehead atoms. The summed E-state index contributed by atoms with van der Waals surface area (Å²) in [6, 6.07) is 14.7. The van der Waals surface area contributed by atoms with Gasteiger partial charge in [0.25, 0.3) is 0 Å². The number of Topliss-reactive ketones (excluding diaryl/α,β-unsaturated/α-hetero) is 1. The summed E-state index contributed by atoms with van der Waals surface area (Å²) in [4.78, 5) is 24.4. The average molecular weight is 353 g/mol. The van der Waals surface area contributed by atoms with Gasteiger partial charge in [-0.15, -0.1) is 0 Å². The van der Waals surface area contributed by atoms with Crippen molar-refractivity contribution in [2.24, 2.45) is 0 Å². The summed E-state index contributed by atoms with van der Waals surface area (Å²) in [7, 11) is 0. The molecule has 0 aliphatic carbocycles. The first-order valence-corrected chi connectivity index (χ1v) is 8.77. The van der Waals surface area contributed by atoms with E-state index in [1.807, 2.05) is 44.2 Å². The van der Waals surface area contributed by atoms with E-state index in [1.165, 1.54) is 0 Å². The van der Waals surface area contributed by atoms with Crippen molar-refractivity contribution in [1.29, 1.82) is 0 Å². The molecule has 0 fully saturated rings. The highest BCUT2D eigenvalue weighted by Crippen LogP contribution is 2.34. The van der Waals surface area contributed by atoms with E-state index in [-0.39, 0.29) is 11.7 Å². The minimum atomic E-state index is -0.492. The fourth-order valence-corrected chi connectivity index (χ4v) is 2.89. The van der Waals surface area contributed by atoms with Crippen LogP contribution in [0.3, 0.4) is 0 Å². The lowest BCUT2D eigenvalue weighted by Gasteiger charge is -2.31. The van der Waals surface area contributed by atoms with Crippen molar-refractivity contribution in [2.45, 2.75) is 38.7 Å². The summed E-state index contributed by atoms with van der Waals surface area (Å²) in [6.45, 7) is 4.26. The maximum absolute atomic E-state index is 12.3. The largest absolute Gasteiger partial charge is 0.494 e. The number of anilines is 1. The van der Waals surface area contributed by atoms with Crippen LogP contribution in [-0.4, -0.2) is 23.9 Å². The summed E-state index contributed by atoms with van der Waals surface area (Å²) < 4.78 is 11.4. The standard InChI is InChI=1S/C21H23NO4/c1-21(2)14-18(23)17-13-15(10-11-19(17)26-21)22-20(24)9-6-12-25-16-7-4-3-5-8-16/h3-5,7-8,10-11,13H,6,9,12,14H2,1-2H3,(H,22,24). The van der Waals surface area contributed by atoms with Gasteiger partial charge in [-0.05, 0) is 50.6 Å². The summed E-state index contributed by atoms with van der Waals surface area (Å²) in [6.07, 6.45) is 1.29. The topological polar surface area (TPSA) is 64.6 Å². The Morgan fingerprint density at radius 3 is 2.73 bits per heavy atom. The number of fused-ring (bicyclic) bond motifs is 1. The van der Waals surface area contributed by atoms with Gasteiger partial charge in [-0.3, -0.25) is 9.59 Å². The van der Waals surface area contributed by atoms with E-state index in [0.717, 1.165) is 5.75 Å². The molecule has 1 amide bonds. The zero-order valence-electron chi connectivity index (χ0n) is 15.1. The predicted molar refractivity (Wildman–Crippen MR) is 99.9 cm³/mol. The van der Waals surface area contributed by atoms with Crippen LogP contribution >= 0.6 is 0 Å². The molecule has 1 aliphatic rings. The Kier molecular flexibility index (Phi) is 5.26. The Morgan fingerprint density at radius 1 is 1.19 bits per heavy atom. The Hall–Kier alpha value is -2.82. The maximum atomic E-state index is 12.3. The molecule has 0 aromatic heterocycles. The predicted octanol–water partition coefficient (Wildman–Crippen LogP) is 4.23. The number of hydrogen-bond acceptors (Lipinski definition) is 4. The SMILES string of the molecule is CC1(C)CC(=O)c2cc(NC(=O)CCCOc3ccccc3)ccc2O1. The van der Waals surface area contributed by atoms with Crippen molar-refractivity contribution >= 4 is 17.4 Å². The van der Waals surface area contributed by atoms with Gasteiger partial charge in [-0.25, -0.2) is 0 Å². The molecule has 3 rings (SSSR count). The van der Waals surface area contributed by atoms with E-state index >= 15 is 0 Å². The van der Waals surface area contributed by atoms with Crippen molar-refractivity contribution < 1.29 is 19.1 Å². The highest BCUT2D eigenvalue weighted by atomic mass is 16.5. The minimum Gasteiger partial charge on any atom is -0.494 e. The lowest BCUT2D eigenvalue weighted by atomic mass is 9.93. The highest BCUT2D eigenvalue weighted by Gasteiger charge is 2.32. The second kappa shape index (κ2) is 7.60. The van der Waals surface area contributed by atoms with Crippen LogP contribution in [0.15, 0.2) is 48.5 Å². The monoisotopic (exact) mass is 353 g/mol. The molecular formula is C21H23NO4. The van der Waals surface area contributed by atoms with Gasteiger partial charge in [0.15, 0.2) is 5.78 Å². The number of benzene rings is 2. The first-order valence-electron chi connectivity index (χ1n) is 8.77. The Balaban J connectivity index is 1.50. The van der Waals surface area contributed by atoms with Gasteiger partial charge >= 0.3 is 0 Å². The molecule has 0 unspecified atom stereocenters. The number of para-hydroxylation sites is 1. The van der Waals surface area contributed by atoms with Gasteiger partial charge in [-0.1, -0.05) is 18.2 Å². The zero-order chi connectivity index (χ0) is 18.6. The number of amides is 1. The van der Waals surface area contributed by atoms with E-state index < -0.39 is 5.60 Å². The fraction of sp³-hybridized carbons (Fsp3) is 0.333. The second-order valence-electron chi connectivity index (χ2n) is 6.99. The molecule has 2 aromatic rings. The lowest BCUT2D eigenvalue weighted by Crippen LogP contribution is -2.35. The molecule has 5 nitrogen and oxygen atoms in total. The van der Waals surface area contributed by atoms with E-state index in [4.69, 9.17) is 9.47 Å². The van der Waals surface area contributed by atoms with Crippen LogP contribution in [0.1, 0.15) is 43.5 Å². The van der Waals surface area contributed by atoms with Crippen LogP contribution < -0.4 is 14.8 Å². The number of rotatable bonds is 6. The summed E-state index contributed by atoms with van der Waals surface area (Å²) in [5.74, 6) is 1.29. The third-order valence-corrected chi connectivity index (χ3v) is 4.10. The molecule has 0 atom stereocenters. The molecule has 5 heteroatoms. The van der Waals surface area contributed by atoms with Crippen molar-refractivity contribution in [3.63, 3.8) is 0 Å². The number of carbonyl (C=O) groups excluding carboxylic acids is 2. The summed E-state index contributed by atoms with van der Waals surface area (Å²) in [5.41, 5.74) is 0.636. The lowest BCUT2D eigenvalue weighted by molar-refractivity contribution is -0.116. The van der Waals surface area contributed by atoms with Gasteiger partial charge < -0.3 is 14.8 Å². The minimum absolute atomic E-state index is 0.0311. The molecule has 1 aliphatic heterocycles. The molecular weight excluding hydrogens is 330 g/mol. The van der Waals surface area contributed by atoms with Gasteiger partial charge in [0.1, 0.15) is 17.1 Å². The zero-order valence-corrected chi connectivity index (χ0v) is 15.1. The van der Waals surface area contributed by atoms with Crippen LogP contribution in [0.5, 0.6) is 11.5 Å². The molecule has 1 N–H and O–H groups in total. The van der Waals surface area contributed by atoms with Crippen LogP contribution in [0, 0.1) is 0 Å². The quantitative estimate of drug-likeness (QED) is 0.790. The van der Waals surface area contributed by atoms with Crippen molar-refractivity contribution in [3.05, 3.63) is 54.1 Å². The van der Waals surface area contributed by atoms with Gasteiger partial charge in [-0.2, -0.15) is 0 Å². The number of carbonyl (C=O) groups is 2. The second-order valence-corrected chi connectivity index (χ2v) is 6.99. The summed E-state index contributed by atoms with van der Waals surface area (Å²) >= 11 is 0. The smallest absolute Gasteiger partial charge is 0.224 e. The number of nitrogens with one attached hydrogen (secondary N) is 1. The third kappa shape index (κ3) is 4.63. The molecule has 1 heterocycles. The molecule has 136 valence electrons. The molecule has 0 spiro atoms. The Morgan fingerprint density at radius 2 is 1.96 bits per heavy atom. The van der Waals surface area contributed by atoms with Crippen LogP contribution in [0.25, 0.3) is 0 Å². The van der Waals surface area contributed by atoms with E-state index in [9.17, 15) is 9.59 Å². The maximum Gasteiger partial charge on any atom is 0.224 e. The van der Waals surface area contributed by atoms with Crippen LogP contribution in [0.4, 0.5) is 5.69 Å². The molecule has 0 saturated carbocycles. The van der Waals surface area contributed by atoms with Crippen LogP contribution in [0.2, 0.25) is 0 Å². The first kappa shape index (κ1) is 18.0. The highest BCUT2D eigenvalue weighted by molar-refractivity contribution is 6.02. The number of ether oxygens (including phenoxy) is 2.